The van der Waals surface area contributed by atoms with Crippen LogP contribution in [-0.2, 0) is 0 Å². The molecule has 2 N–H and O–H groups in total. The monoisotopic (exact) mass is 275 g/mol. The lowest BCUT2D eigenvalue weighted by molar-refractivity contribution is 0.109. The van der Waals surface area contributed by atoms with Crippen molar-refractivity contribution in [2.24, 2.45) is 0 Å². The van der Waals surface area contributed by atoms with Gasteiger partial charge >= 0.3 is 0 Å². The Morgan fingerprint density at radius 3 is 2.65 bits per heavy atom. The fraction of sp³-hybridized carbons (Fsp3) is 0.733. The molecule has 20 heavy (non-hydrogen) atoms. The highest BCUT2D eigenvalue weighted by molar-refractivity contribution is 5.32. The first-order chi connectivity index (χ1) is 9.63. The van der Waals surface area contributed by atoms with E-state index < -0.39 is 0 Å². The Morgan fingerprint density at radius 1 is 1.15 bits per heavy atom. The normalized spacial score (nSPS) is 26.2. The fourth-order valence-corrected chi connectivity index (χ4v) is 3.37. The van der Waals surface area contributed by atoms with Crippen molar-refractivity contribution in [1.29, 1.82) is 0 Å². The van der Waals surface area contributed by atoms with Gasteiger partial charge in [-0.25, -0.2) is 9.97 Å². The third kappa shape index (κ3) is 2.79. The van der Waals surface area contributed by atoms with Crippen molar-refractivity contribution in [2.45, 2.75) is 37.6 Å². The van der Waals surface area contributed by atoms with Gasteiger partial charge in [-0.3, -0.25) is 4.90 Å². The van der Waals surface area contributed by atoms with Gasteiger partial charge in [0.15, 0.2) is 0 Å². The molecule has 0 aromatic carbocycles. The van der Waals surface area contributed by atoms with Crippen molar-refractivity contribution < 1.29 is 0 Å². The van der Waals surface area contributed by atoms with Crippen LogP contribution in [0.2, 0.25) is 0 Å². The van der Waals surface area contributed by atoms with E-state index in [-0.39, 0.29) is 6.04 Å². The van der Waals surface area contributed by atoms with E-state index in [2.05, 4.69) is 28.9 Å². The summed E-state index contributed by atoms with van der Waals surface area (Å²) in [5.41, 5.74) is 7.19. The van der Waals surface area contributed by atoms with Crippen molar-refractivity contribution in [2.75, 3.05) is 39.5 Å². The van der Waals surface area contributed by atoms with Crippen LogP contribution in [-0.4, -0.2) is 53.5 Å². The van der Waals surface area contributed by atoms with E-state index in [9.17, 15) is 0 Å². The molecule has 1 aliphatic heterocycles. The Hall–Kier alpha value is -1.20. The van der Waals surface area contributed by atoms with Gasteiger partial charge in [-0.15, -0.1) is 0 Å². The highest BCUT2D eigenvalue weighted by atomic mass is 15.3. The van der Waals surface area contributed by atoms with E-state index in [0.717, 1.165) is 31.2 Å². The molecule has 1 saturated carbocycles. The van der Waals surface area contributed by atoms with Crippen LogP contribution >= 0.6 is 0 Å². The second kappa shape index (κ2) is 5.66. The number of piperazine rings is 1. The van der Waals surface area contributed by atoms with Gasteiger partial charge in [0.25, 0.3) is 0 Å². The number of nitrogen functional groups attached to an aromatic ring is 1. The second-order valence-corrected chi connectivity index (χ2v) is 6.32. The maximum atomic E-state index is 6.03. The van der Waals surface area contributed by atoms with E-state index in [0.29, 0.717) is 11.7 Å². The molecule has 5 heteroatoms. The predicted molar refractivity (Wildman–Crippen MR) is 80.5 cm³/mol. The molecule has 2 fully saturated rings. The summed E-state index contributed by atoms with van der Waals surface area (Å²) in [6, 6.07) is 2.24. The van der Waals surface area contributed by atoms with Crippen molar-refractivity contribution in [3.05, 3.63) is 17.6 Å². The first kappa shape index (κ1) is 13.8. The Morgan fingerprint density at radius 2 is 1.90 bits per heavy atom. The zero-order valence-electron chi connectivity index (χ0n) is 12.5. The number of anilines is 1. The number of nitrogens with two attached hydrogens (primary N) is 1. The lowest BCUT2D eigenvalue weighted by Crippen LogP contribution is -2.45. The molecule has 0 radical (unpaired) electrons. The first-order valence-electron chi connectivity index (χ1n) is 7.66. The summed E-state index contributed by atoms with van der Waals surface area (Å²) in [7, 11) is 4.31. The molecule has 2 aliphatic rings. The Labute approximate surface area is 121 Å². The predicted octanol–water partition coefficient (Wildman–Crippen LogP) is 1.63. The van der Waals surface area contributed by atoms with Crippen LogP contribution in [0.25, 0.3) is 0 Å². The molecule has 0 spiro atoms. The lowest BCUT2D eigenvalue weighted by atomic mass is 10.0. The maximum Gasteiger partial charge on any atom is 0.149 e. The largest absolute Gasteiger partial charge is 0.384 e. The van der Waals surface area contributed by atoms with Crippen LogP contribution in [0, 0.1) is 0 Å². The molecular formula is C15H25N5. The molecular weight excluding hydrogens is 250 g/mol. The Balaban J connectivity index is 1.88. The van der Waals surface area contributed by atoms with Gasteiger partial charge < -0.3 is 10.6 Å². The number of aromatic nitrogens is 2. The third-order valence-corrected chi connectivity index (χ3v) is 4.71. The minimum atomic E-state index is 0.261. The average molecular weight is 275 g/mol. The highest BCUT2D eigenvalue weighted by Crippen LogP contribution is 2.34. The van der Waals surface area contributed by atoms with Gasteiger partial charge in [0.05, 0.1) is 6.04 Å². The summed E-state index contributed by atoms with van der Waals surface area (Å²) < 4.78 is 0. The molecule has 0 amide bonds. The summed E-state index contributed by atoms with van der Waals surface area (Å²) in [4.78, 5) is 14.1. The topological polar surface area (TPSA) is 58.3 Å². The van der Waals surface area contributed by atoms with Crippen LogP contribution < -0.4 is 5.73 Å². The standard InChI is InChI=1S/C15H25N5/c1-19-7-8-20(2)13(10-19)15-17-12(9-14(16)18-15)11-5-3-4-6-11/h9,11,13H,3-8,10H2,1-2H3,(H2,16,17,18). The van der Waals surface area contributed by atoms with Gasteiger partial charge in [-0.05, 0) is 26.9 Å². The molecule has 5 nitrogen and oxygen atoms in total. The van der Waals surface area contributed by atoms with Crippen molar-refractivity contribution in [3.63, 3.8) is 0 Å². The van der Waals surface area contributed by atoms with Crippen LogP contribution in [0.4, 0.5) is 5.82 Å². The zero-order valence-corrected chi connectivity index (χ0v) is 12.5. The SMILES string of the molecule is CN1CCN(C)C(c2nc(N)cc(C3CCCC3)n2)C1. The van der Waals surface area contributed by atoms with Crippen molar-refractivity contribution in [1.82, 2.24) is 19.8 Å². The number of hydrogen-bond donors (Lipinski definition) is 1. The quantitative estimate of drug-likeness (QED) is 0.889. The highest BCUT2D eigenvalue weighted by Gasteiger charge is 2.28. The Bertz CT molecular complexity index is 469. The average Bonchev–Trinajstić information content (AvgIpc) is 2.95. The minimum absolute atomic E-state index is 0.261. The van der Waals surface area contributed by atoms with E-state index in [1.54, 1.807) is 0 Å². The minimum Gasteiger partial charge on any atom is -0.384 e. The molecule has 1 saturated heterocycles. The summed E-state index contributed by atoms with van der Waals surface area (Å²) in [5, 5.41) is 0. The summed E-state index contributed by atoms with van der Waals surface area (Å²) >= 11 is 0. The molecule has 1 aromatic heterocycles. The Kier molecular flexibility index (Phi) is 3.89. The molecule has 1 atom stereocenters. The van der Waals surface area contributed by atoms with Gasteiger partial charge in [0.1, 0.15) is 11.6 Å². The number of nitrogens with zero attached hydrogens (tertiary/aromatic N) is 4. The van der Waals surface area contributed by atoms with Crippen molar-refractivity contribution >= 4 is 5.82 Å². The van der Waals surface area contributed by atoms with Crippen LogP contribution in [0.1, 0.15) is 49.2 Å². The van der Waals surface area contributed by atoms with Gasteiger partial charge in [-0.1, -0.05) is 12.8 Å². The van der Waals surface area contributed by atoms with Crippen LogP contribution in [0.15, 0.2) is 6.07 Å². The summed E-state index contributed by atoms with van der Waals surface area (Å²) in [6.45, 7) is 3.13. The van der Waals surface area contributed by atoms with Crippen LogP contribution in [0.3, 0.4) is 0 Å². The van der Waals surface area contributed by atoms with E-state index in [1.165, 1.54) is 25.7 Å². The van der Waals surface area contributed by atoms with E-state index >= 15 is 0 Å². The number of likely N-dealkylation sites (N-methyl/N-ethyl adjacent to an activating group) is 2. The molecule has 1 aromatic rings. The smallest absolute Gasteiger partial charge is 0.149 e. The lowest BCUT2D eigenvalue weighted by Gasteiger charge is -2.36. The number of rotatable bonds is 2. The summed E-state index contributed by atoms with van der Waals surface area (Å²) in [5.74, 6) is 2.12. The number of hydrogen-bond acceptors (Lipinski definition) is 5. The first-order valence-corrected chi connectivity index (χ1v) is 7.66. The zero-order chi connectivity index (χ0) is 14.1. The van der Waals surface area contributed by atoms with E-state index in [4.69, 9.17) is 10.7 Å². The molecule has 2 heterocycles. The fourth-order valence-electron chi connectivity index (χ4n) is 3.37. The molecule has 1 aliphatic carbocycles. The second-order valence-electron chi connectivity index (χ2n) is 6.32. The maximum absolute atomic E-state index is 6.03. The molecule has 1 unspecified atom stereocenters. The molecule has 0 bridgehead atoms. The van der Waals surface area contributed by atoms with Gasteiger partial charge in [0.2, 0.25) is 0 Å². The third-order valence-electron chi connectivity index (χ3n) is 4.71. The molecule has 110 valence electrons. The summed E-state index contributed by atoms with van der Waals surface area (Å²) in [6.07, 6.45) is 5.12. The van der Waals surface area contributed by atoms with Gasteiger partial charge in [-0.2, -0.15) is 0 Å². The van der Waals surface area contributed by atoms with E-state index in [1.807, 2.05) is 6.07 Å². The van der Waals surface area contributed by atoms with Gasteiger partial charge in [0, 0.05) is 37.3 Å². The molecule has 3 rings (SSSR count). The van der Waals surface area contributed by atoms with Crippen molar-refractivity contribution in [3.8, 4) is 0 Å². The van der Waals surface area contributed by atoms with Crippen LogP contribution in [0.5, 0.6) is 0 Å².